The zero-order valence-electron chi connectivity index (χ0n) is 19.1. The average molecular weight is 496 g/mol. The molecule has 180 valence electrons. The number of aliphatic hydroxyl groups is 1. The summed E-state index contributed by atoms with van der Waals surface area (Å²) in [5.74, 6) is -1.67. The lowest BCUT2D eigenvalue weighted by Crippen LogP contribution is -2.29. The van der Waals surface area contributed by atoms with E-state index in [-0.39, 0.29) is 33.4 Å². The topological polar surface area (TPSA) is 106 Å². The Labute approximate surface area is 206 Å². The van der Waals surface area contributed by atoms with Crippen LogP contribution >= 0.6 is 11.6 Å². The molecule has 35 heavy (non-hydrogen) atoms. The van der Waals surface area contributed by atoms with Crippen LogP contribution in [0.5, 0.6) is 23.0 Å². The summed E-state index contributed by atoms with van der Waals surface area (Å²) in [6.07, 6.45) is 0. The standard InChI is InChI=1S/C26H22ClNO7/c1-33-16-9-10-17(19(13-16)34-2)23(29)21-22(14-11-18(27)24(30)20(12-14)35-3)28(26(32)25(21)31)15-7-5-4-6-8-15/h4-13,22,29-30H,1-3H3/b23-21+. The van der Waals surface area contributed by atoms with Gasteiger partial charge in [0.2, 0.25) is 0 Å². The molecule has 1 amide bonds. The van der Waals surface area contributed by atoms with Gasteiger partial charge in [-0.2, -0.15) is 0 Å². The number of halogens is 1. The number of methoxy groups -OCH3 is 3. The van der Waals surface area contributed by atoms with E-state index in [4.69, 9.17) is 25.8 Å². The van der Waals surface area contributed by atoms with Crippen LogP contribution in [0.15, 0.2) is 66.2 Å². The number of carbonyl (C=O) groups is 2. The number of carbonyl (C=O) groups excluding carboxylic acids is 2. The summed E-state index contributed by atoms with van der Waals surface area (Å²) >= 11 is 6.24. The highest BCUT2D eigenvalue weighted by atomic mass is 35.5. The summed E-state index contributed by atoms with van der Waals surface area (Å²) in [5.41, 5.74) is 0.803. The minimum absolute atomic E-state index is 0.0416. The number of ketones is 1. The first-order chi connectivity index (χ1) is 16.8. The Hall–Kier alpha value is -4.17. The first-order valence-corrected chi connectivity index (χ1v) is 10.8. The highest BCUT2D eigenvalue weighted by molar-refractivity contribution is 6.51. The van der Waals surface area contributed by atoms with E-state index >= 15 is 0 Å². The summed E-state index contributed by atoms with van der Waals surface area (Å²) in [4.78, 5) is 27.9. The van der Waals surface area contributed by atoms with Crippen LogP contribution in [0.4, 0.5) is 5.69 Å². The van der Waals surface area contributed by atoms with Gasteiger partial charge in [-0.1, -0.05) is 29.8 Å². The van der Waals surface area contributed by atoms with E-state index in [2.05, 4.69) is 0 Å². The fourth-order valence-electron chi connectivity index (χ4n) is 4.05. The largest absolute Gasteiger partial charge is 0.507 e. The number of para-hydroxylation sites is 1. The third-order valence-electron chi connectivity index (χ3n) is 5.73. The van der Waals surface area contributed by atoms with Gasteiger partial charge < -0.3 is 24.4 Å². The fourth-order valence-corrected chi connectivity index (χ4v) is 4.27. The van der Waals surface area contributed by atoms with E-state index in [1.54, 1.807) is 42.5 Å². The van der Waals surface area contributed by atoms with Gasteiger partial charge in [0.05, 0.1) is 43.5 Å². The monoisotopic (exact) mass is 495 g/mol. The molecule has 0 aromatic heterocycles. The molecule has 1 fully saturated rings. The smallest absolute Gasteiger partial charge is 0.300 e. The lowest BCUT2D eigenvalue weighted by molar-refractivity contribution is -0.132. The normalized spacial score (nSPS) is 16.9. The van der Waals surface area contributed by atoms with E-state index in [1.807, 2.05) is 0 Å². The van der Waals surface area contributed by atoms with Crippen LogP contribution in [0, 0.1) is 0 Å². The van der Waals surface area contributed by atoms with Crippen molar-refractivity contribution in [2.75, 3.05) is 26.2 Å². The van der Waals surface area contributed by atoms with Crippen LogP contribution in [-0.2, 0) is 9.59 Å². The average Bonchev–Trinajstić information content (AvgIpc) is 3.15. The first kappa shape index (κ1) is 24.0. The molecule has 0 saturated carbocycles. The highest BCUT2D eigenvalue weighted by Crippen LogP contribution is 2.46. The molecule has 1 unspecified atom stereocenters. The van der Waals surface area contributed by atoms with Crippen molar-refractivity contribution in [1.29, 1.82) is 0 Å². The predicted molar refractivity (Wildman–Crippen MR) is 130 cm³/mol. The molecule has 9 heteroatoms. The van der Waals surface area contributed by atoms with Gasteiger partial charge in [0.15, 0.2) is 11.5 Å². The molecule has 1 aliphatic heterocycles. The van der Waals surface area contributed by atoms with Crippen molar-refractivity contribution >= 4 is 34.7 Å². The van der Waals surface area contributed by atoms with Gasteiger partial charge in [-0.25, -0.2) is 0 Å². The number of nitrogens with zero attached hydrogens (tertiary/aromatic N) is 1. The number of Topliss-reactive ketones (excluding diaryl/α,β-unsaturated/α-hetero) is 1. The summed E-state index contributed by atoms with van der Waals surface area (Å²) in [6, 6.07) is 15.1. The Morgan fingerprint density at radius 3 is 2.23 bits per heavy atom. The van der Waals surface area contributed by atoms with Crippen molar-refractivity contribution < 1.29 is 34.0 Å². The number of aromatic hydroxyl groups is 1. The molecule has 3 aromatic carbocycles. The van der Waals surface area contributed by atoms with Crippen molar-refractivity contribution in [3.8, 4) is 23.0 Å². The zero-order valence-corrected chi connectivity index (χ0v) is 19.9. The maximum atomic E-state index is 13.3. The van der Waals surface area contributed by atoms with Gasteiger partial charge >= 0.3 is 0 Å². The Bertz CT molecular complexity index is 1340. The number of rotatable bonds is 6. The van der Waals surface area contributed by atoms with Gasteiger partial charge in [-0.05, 0) is 42.0 Å². The number of hydrogen-bond donors (Lipinski definition) is 2. The number of hydrogen-bond acceptors (Lipinski definition) is 7. The first-order valence-electron chi connectivity index (χ1n) is 10.5. The molecule has 1 atom stereocenters. The second-order valence-corrected chi connectivity index (χ2v) is 8.03. The third kappa shape index (κ3) is 4.13. The molecule has 1 heterocycles. The molecule has 0 spiro atoms. The summed E-state index contributed by atoms with van der Waals surface area (Å²) in [6.45, 7) is 0. The Balaban J connectivity index is 2.01. The van der Waals surface area contributed by atoms with Crippen molar-refractivity contribution in [3.63, 3.8) is 0 Å². The van der Waals surface area contributed by atoms with Gasteiger partial charge in [0.25, 0.3) is 11.7 Å². The van der Waals surface area contributed by atoms with E-state index in [0.717, 1.165) is 0 Å². The van der Waals surface area contributed by atoms with Crippen molar-refractivity contribution in [2.24, 2.45) is 0 Å². The number of phenolic OH excluding ortho intramolecular Hbond substituents is 1. The molecule has 8 nitrogen and oxygen atoms in total. The second kappa shape index (κ2) is 9.60. The summed E-state index contributed by atoms with van der Waals surface area (Å²) in [5, 5.41) is 21.6. The number of benzene rings is 3. The molecule has 0 aliphatic carbocycles. The number of phenols is 1. The lowest BCUT2D eigenvalue weighted by atomic mass is 9.94. The minimum atomic E-state index is -1.07. The quantitative estimate of drug-likeness (QED) is 0.290. The Kier molecular flexibility index (Phi) is 6.57. The van der Waals surface area contributed by atoms with Crippen LogP contribution in [0.1, 0.15) is 17.2 Å². The minimum Gasteiger partial charge on any atom is -0.507 e. The lowest BCUT2D eigenvalue weighted by Gasteiger charge is -2.26. The predicted octanol–water partition coefficient (Wildman–Crippen LogP) is 4.70. The van der Waals surface area contributed by atoms with E-state index in [1.165, 1.54) is 44.4 Å². The van der Waals surface area contributed by atoms with E-state index in [0.29, 0.717) is 17.0 Å². The van der Waals surface area contributed by atoms with Gasteiger partial charge in [0.1, 0.15) is 17.3 Å². The third-order valence-corrected chi connectivity index (χ3v) is 6.02. The van der Waals surface area contributed by atoms with Gasteiger partial charge in [0, 0.05) is 11.8 Å². The molecule has 0 bridgehead atoms. The van der Waals surface area contributed by atoms with E-state index in [9.17, 15) is 19.8 Å². The van der Waals surface area contributed by atoms with Gasteiger partial charge in [-0.15, -0.1) is 0 Å². The van der Waals surface area contributed by atoms with Crippen molar-refractivity contribution in [1.82, 2.24) is 0 Å². The van der Waals surface area contributed by atoms with Crippen LogP contribution in [-0.4, -0.2) is 43.2 Å². The Morgan fingerprint density at radius 1 is 0.914 bits per heavy atom. The van der Waals surface area contributed by atoms with Crippen LogP contribution in [0.25, 0.3) is 5.76 Å². The number of amides is 1. The summed E-state index contributed by atoms with van der Waals surface area (Å²) < 4.78 is 15.8. The Morgan fingerprint density at radius 2 is 1.60 bits per heavy atom. The molecule has 3 aromatic rings. The molecule has 2 N–H and O–H groups in total. The summed E-state index contributed by atoms with van der Waals surface area (Å²) in [7, 11) is 4.25. The maximum Gasteiger partial charge on any atom is 0.300 e. The molecule has 1 aliphatic rings. The van der Waals surface area contributed by atoms with Crippen LogP contribution < -0.4 is 19.1 Å². The molecule has 0 radical (unpaired) electrons. The molecular weight excluding hydrogens is 474 g/mol. The highest BCUT2D eigenvalue weighted by Gasteiger charge is 2.47. The number of anilines is 1. The molecule has 4 rings (SSSR count). The van der Waals surface area contributed by atoms with Crippen LogP contribution in [0.2, 0.25) is 5.02 Å². The molecule has 1 saturated heterocycles. The number of ether oxygens (including phenoxy) is 3. The van der Waals surface area contributed by atoms with E-state index < -0.39 is 23.5 Å². The second-order valence-electron chi connectivity index (χ2n) is 7.62. The SMILES string of the molecule is COc1ccc(/C(O)=C2\C(=O)C(=O)N(c3ccccc3)C2c2cc(Cl)c(O)c(OC)c2)c(OC)c1. The number of aliphatic hydroxyl groups excluding tert-OH is 1. The van der Waals surface area contributed by atoms with Gasteiger partial charge in [-0.3, -0.25) is 14.5 Å². The van der Waals surface area contributed by atoms with Crippen molar-refractivity contribution in [2.45, 2.75) is 6.04 Å². The maximum absolute atomic E-state index is 13.3. The van der Waals surface area contributed by atoms with Crippen molar-refractivity contribution in [3.05, 3.63) is 82.4 Å². The fraction of sp³-hybridized carbons (Fsp3) is 0.154. The van der Waals surface area contributed by atoms with Crippen LogP contribution in [0.3, 0.4) is 0 Å². The molecular formula is C26H22ClNO7. The zero-order chi connectivity index (χ0) is 25.3.